The molecule has 2 rings (SSSR count). The van der Waals surface area contributed by atoms with E-state index in [4.69, 9.17) is 16.1 Å². The zero-order valence-corrected chi connectivity index (χ0v) is 14.5. The maximum Gasteiger partial charge on any atom is 0.226 e. The molecule has 0 aromatic carbocycles. The van der Waals surface area contributed by atoms with Crippen LogP contribution < -0.4 is 5.32 Å². The first-order chi connectivity index (χ1) is 10.5. The number of carbonyl (C=O) groups is 1. The third kappa shape index (κ3) is 4.81. The molecule has 2 heterocycles. The number of hydrogen-bond acceptors (Lipinski definition) is 5. The van der Waals surface area contributed by atoms with Crippen molar-refractivity contribution in [1.82, 2.24) is 15.5 Å². The molecule has 0 spiro atoms. The number of amides is 1. The Morgan fingerprint density at radius 1 is 1.41 bits per heavy atom. The van der Waals surface area contributed by atoms with Crippen LogP contribution in [0.2, 0.25) is 4.34 Å². The average molecular weight is 342 g/mol. The summed E-state index contributed by atoms with van der Waals surface area (Å²) in [6.07, 6.45) is 1.73. The van der Waals surface area contributed by atoms with Crippen LogP contribution in [0.4, 0.5) is 0 Å². The summed E-state index contributed by atoms with van der Waals surface area (Å²) in [6, 6.07) is 3.75. The Kier molecular flexibility index (Phi) is 5.97. The number of halogens is 1. The predicted molar refractivity (Wildman–Crippen MR) is 87.2 cm³/mol. The van der Waals surface area contributed by atoms with Gasteiger partial charge in [-0.3, -0.25) is 4.79 Å². The predicted octanol–water partition coefficient (Wildman–Crippen LogP) is 4.11. The Balaban J connectivity index is 1.73. The third-order valence-electron chi connectivity index (χ3n) is 3.19. The fraction of sp³-hybridized carbons (Fsp3) is 0.533. The van der Waals surface area contributed by atoms with E-state index in [1.165, 1.54) is 11.3 Å². The highest BCUT2D eigenvalue weighted by molar-refractivity contribution is 7.16. The van der Waals surface area contributed by atoms with Crippen LogP contribution in [0.25, 0.3) is 0 Å². The highest BCUT2D eigenvalue weighted by atomic mass is 35.5. The molecule has 0 aliphatic carbocycles. The average Bonchev–Trinajstić information content (AvgIpc) is 3.07. The summed E-state index contributed by atoms with van der Waals surface area (Å²) < 4.78 is 5.89. The van der Waals surface area contributed by atoms with Gasteiger partial charge in [0, 0.05) is 23.6 Å². The second-order valence-electron chi connectivity index (χ2n) is 5.49. The molecule has 0 aliphatic rings. The number of nitrogens with zero attached hydrogens (tertiary/aromatic N) is 2. The summed E-state index contributed by atoms with van der Waals surface area (Å²) in [4.78, 5) is 17.3. The summed E-state index contributed by atoms with van der Waals surface area (Å²) >= 11 is 7.38. The van der Waals surface area contributed by atoms with E-state index in [9.17, 15) is 4.79 Å². The van der Waals surface area contributed by atoms with Crippen LogP contribution >= 0.6 is 22.9 Å². The lowest BCUT2D eigenvalue weighted by Crippen LogP contribution is -2.25. The summed E-state index contributed by atoms with van der Waals surface area (Å²) in [5.41, 5.74) is 0. The van der Waals surface area contributed by atoms with Crippen LogP contribution in [-0.4, -0.2) is 16.0 Å². The highest BCUT2D eigenvalue weighted by Gasteiger charge is 2.13. The fourth-order valence-corrected chi connectivity index (χ4v) is 3.01. The van der Waals surface area contributed by atoms with Crippen molar-refractivity contribution in [2.45, 2.75) is 52.0 Å². The molecule has 1 N–H and O–H groups in total. The van der Waals surface area contributed by atoms with E-state index in [2.05, 4.69) is 15.5 Å². The molecule has 0 saturated carbocycles. The largest absolute Gasteiger partial charge is 0.349 e. The van der Waals surface area contributed by atoms with Crippen LogP contribution in [0.3, 0.4) is 0 Å². The van der Waals surface area contributed by atoms with Crippen molar-refractivity contribution in [2.24, 2.45) is 0 Å². The molecular weight excluding hydrogens is 322 g/mol. The maximum absolute atomic E-state index is 11.9. The number of carbonyl (C=O) groups excluding carboxylic acids is 1. The van der Waals surface area contributed by atoms with E-state index in [-0.39, 0.29) is 17.9 Å². The van der Waals surface area contributed by atoms with Crippen molar-refractivity contribution in [1.29, 1.82) is 0 Å². The molecule has 0 saturated heterocycles. The number of thiophene rings is 1. The smallest absolute Gasteiger partial charge is 0.226 e. The van der Waals surface area contributed by atoms with Gasteiger partial charge < -0.3 is 9.84 Å². The first-order valence-corrected chi connectivity index (χ1v) is 8.52. The molecule has 0 unspecified atom stereocenters. The van der Waals surface area contributed by atoms with Crippen LogP contribution in [-0.2, 0) is 11.2 Å². The lowest BCUT2D eigenvalue weighted by Gasteiger charge is -2.11. The minimum Gasteiger partial charge on any atom is -0.349 e. The SMILES string of the molecule is CC(C)c1noc(CCCC(=O)N[C@@H](C)c2ccc(Cl)s2)n1. The second kappa shape index (κ2) is 7.74. The first-order valence-electron chi connectivity index (χ1n) is 7.32. The Bertz CT molecular complexity index is 624. The van der Waals surface area contributed by atoms with Gasteiger partial charge >= 0.3 is 0 Å². The van der Waals surface area contributed by atoms with E-state index < -0.39 is 0 Å². The molecule has 120 valence electrons. The molecule has 22 heavy (non-hydrogen) atoms. The molecule has 0 bridgehead atoms. The van der Waals surface area contributed by atoms with Crippen LogP contribution in [0.5, 0.6) is 0 Å². The summed E-state index contributed by atoms with van der Waals surface area (Å²) in [5.74, 6) is 1.57. The van der Waals surface area contributed by atoms with Crippen LogP contribution in [0.1, 0.15) is 62.2 Å². The Morgan fingerprint density at radius 3 is 2.77 bits per heavy atom. The minimum atomic E-state index is -0.0269. The Hall–Kier alpha value is -1.40. The molecule has 1 atom stereocenters. The molecule has 7 heteroatoms. The molecule has 5 nitrogen and oxygen atoms in total. The van der Waals surface area contributed by atoms with Crippen molar-refractivity contribution < 1.29 is 9.32 Å². The van der Waals surface area contributed by atoms with Crippen molar-refractivity contribution in [2.75, 3.05) is 0 Å². The number of aromatic nitrogens is 2. The molecule has 0 fully saturated rings. The molecular formula is C15H20ClN3O2S. The van der Waals surface area contributed by atoms with Gasteiger partial charge in [-0.2, -0.15) is 4.98 Å². The zero-order chi connectivity index (χ0) is 16.1. The van der Waals surface area contributed by atoms with Gasteiger partial charge in [0.2, 0.25) is 11.8 Å². The fourth-order valence-electron chi connectivity index (χ4n) is 1.95. The van der Waals surface area contributed by atoms with Gasteiger partial charge in [0.1, 0.15) is 0 Å². The van der Waals surface area contributed by atoms with E-state index in [1.54, 1.807) is 0 Å². The van der Waals surface area contributed by atoms with Gasteiger partial charge in [0.15, 0.2) is 5.82 Å². The Morgan fingerprint density at radius 2 is 2.18 bits per heavy atom. The summed E-state index contributed by atoms with van der Waals surface area (Å²) in [5, 5.41) is 6.87. The van der Waals surface area contributed by atoms with E-state index in [1.807, 2.05) is 32.9 Å². The number of nitrogens with one attached hydrogen (secondary N) is 1. The number of aryl methyl sites for hydroxylation is 1. The zero-order valence-electron chi connectivity index (χ0n) is 12.9. The van der Waals surface area contributed by atoms with Crippen molar-refractivity contribution in [3.8, 4) is 0 Å². The molecule has 0 aliphatic heterocycles. The van der Waals surface area contributed by atoms with Gasteiger partial charge in [-0.15, -0.1) is 11.3 Å². The normalized spacial score (nSPS) is 12.6. The first kappa shape index (κ1) is 17.0. The van der Waals surface area contributed by atoms with E-state index in [0.717, 1.165) is 9.21 Å². The third-order valence-corrected chi connectivity index (χ3v) is 4.61. The minimum absolute atomic E-state index is 0.0145. The van der Waals surface area contributed by atoms with Crippen LogP contribution in [0.15, 0.2) is 16.7 Å². The summed E-state index contributed by atoms with van der Waals surface area (Å²) in [6.45, 7) is 5.98. The van der Waals surface area contributed by atoms with Gasteiger partial charge in [0.05, 0.1) is 10.4 Å². The molecule has 2 aromatic heterocycles. The lowest BCUT2D eigenvalue weighted by atomic mass is 10.2. The second-order valence-corrected chi connectivity index (χ2v) is 7.23. The van der Waals surface area contributed by atoms with Gasteiger partial charge in [-0.1, -0.05) is 30.6 Å². The van der Waals surface area contributed by atoms with E-state index >= 15 is 0 Å². The topological polar surface area (TPSA) is 68.0 Å². The molecule has 2 aromatic rings. The van der Waals surface area contributed by atoms with Gasteiger partial charge in [-0.25, -0.2) is 0 Å². The van der Waals surface area contributed by atoms with Crippen molar-refractivity contribution >= 4 is 28.8 Å². The van der Waals surface area contributed by atoms with E-state index in [0.29, 0.717) is 31.0 Å². The highest BCUT2D eigenvalue weighted by Crippen LogP contribution is 2.26. The lowest BCUT2D eigenvalue weighted by molar-refractivity contribution is -0.121. The molecule has 0 radical (unpaired) electrons. The quantitative estimate of drug-likeness (QED) is 0.822. The number of hydrogen-bond donors (Lipinski definition) is 1. The standard InChI is InChI=1S/C15H20ClN3O2S/c1-9(2)15-18-14(21-19-15)6-4-5-13(20)17-10(3)11-7-8-12(16)22-11/h7-10H,4-6H2,1-3H3,(H,17,20)/t10-/m0/s1. The number of rotatable bonds is 7. The van der Waals surface area contributed by atoms with Gasteiger partial charge in [-0.05, 0) is 25.5 Å². The summed E-state index contributed by atoms with van der Waals surface area (Å²) in [7, 11) is 0. The monoisotopic (exact) mass is 341 g/mol. The van der Waals surface area contributed by atoms with Crippen molar-refractivity contribution in [3.05, 3.63) is 33.1 Å². The Labute approximate surface area is 139 Å². The van der Waals surface area contributed by atoms with Crippen molar-refractivity contribution in [3.63, 3.8) is 0 Å². The van der Waals surface area contributed by atoms with Gasteiger partial charge in [0.25, 0.3) is 0 Å². The van der Waals surface area contributed by atoms with Crippen LogP contribution in [0, 0.1) is 0 Å². The maximum atomic E-state index is 11.9. The molecule has 1 amide bonds.